The van der Waals surface area contributed by atoms with Gasteiger partial charge in [-0.25, -0.2) is 4.39 Å². The van der Waals surface area contributed by atoms with Crippen LogP contribution in [0.15, 0.2) is 36.4 Å². The molecule has 0 N–H and O–H groups in total. The third kappa shape index (κ3) is 2.69. The first-order valence-electron chi connectivity index (χ1n) is 5.65. The molecule has 19 heavy (non-hydrogen) atoms. The monoisotopic (exact) mass is 275 g/mol. The van der Waals surface area contributed by atoms with E-state index in [2.05, 4.69) is 0 Å². The van der Waals surface area contributed by atoms with Gasteiger partial charge in [-0.05, 0) is 23.8 Å². The number of ether oxygens (including phenoxy) is 1. The predicted octanol–water partition coefficient (Wildman–Crippen LogP) is 4.22. The Balaban J connectivity index is 2.66. The number of nitriles is 1. The molecule has 0 unspecified atom stereocenters. The van der Waals surface area contributed by atoms with Crippen LogP contribution in [0.4, 0.5) is 4.39 Å². The summed E-state index contributed by atoms with van der Waals surface area (Å²) in [6, 6.07) is 12.0. The highest BCUT2D eigenvalue weighted by Gasteiger charge is 2.16. The molecule has 0 radical (unpaired) electrons. The average Bonchev–Trinajstić information content (AvgIpc) is 2.41. The average molecular weight is 276 g/mol. The van der Waals surface area contributed by atoms with E-state index >= 15 is 0 Å². The summed E-state index contributed by atoms with van der Waals surface area (Å²) in [4.78, 5) is 0. The van der Waals surface area contributed by atoms with E-state index in [0.29, 0.717) is 27.5 Å². The van der Waals surface area contributed by atoms with E-state index in [-0.39, 0.29) is 6.42 Å². The lowest BCUT2D eigenvalue weighted by Crippen LogP contribution is -1.97. The van der Waals surface area contributed by atoms with E-state index in [4.69, 9.17) is 21.6 Å². The minimum absolute atomic E-state index is 0.0173. The fourth-order valence-corrected chi connectivity index (χ4v) is 2.10. The Bertz CT molecular complexity index is 649. The molecule has 4 heteroatoms. The standard InChI is InChI=1S/C15H11ClFNO/c1-19-13-6-5-10(7-8-18)15(17)14(13)11-3-2-4-12(16)9-11/h2-6,9H,7H2,1H3. The van der Waals surface area contributed by atoms with Crippen LogP contribution < -0.4 is 4.74 Å². The maximum Gasteiger partial charge on any atom is 0.138 e. The van der Waals surface area contributed by atoms with Gasteiger partial charge >= 0.3 is 0 Å². The third-order valence-corrected chi connectivity index (χ3v) is 3.02. The molecule has 0 aliphatic rings. The molecular weight excluding hydrogens is 265 g/mol. The highest BCUT2D eigenvalue weighted by Crippen LogP contribution is 2.35. The van der Waals surface area contributed by atoms with Gasteiger partial charge in [-0.15, -0.1) is 0 Å². The van der Waals surface area contributed by atoms with E-state index < -0.39 is 5.82 Å². The van der Waals surface area contributed by atoms with E-state index in [1.165, 1.54) is 7.11 Å². The summed E-state index contributed by atoms with van der Waals surface area (Å²) in [6.07, 6.45) is 0.0173. The zero-order chi connectivity index (χ0) is 13.8. The van der Waals surface area contributed by atoms with Gasteiger partial charge in [0, 0.05) is 10.6 Å². The zero-order valence-electron chi connectivity index (χ0n) is 10.3. The summed E-state index contributed by atoms with van der Waals surface area (Å²) in [6.45, 7) is 0. The molecule has 96 valence electrons. The van der Waals surface area contributed by atoms with Gasteiger partial charge in [0.05, 0.1) is 25.2 Å². The van der Waals surface area contributed by atoms with Crippen molar-refractivity contribution in [2.75, 3.05) is 7.11 Å². The molecule has 0 aromatic heterocycles. The predicted molar refractivity (Wildman–Crippen MR) is 72.7 cm³/mol. The van der Waals surface area contributed by atoms with Gasteiger partial charge in [0.25, 0.3) is 0 Å². The molecule has 2 nitrogen and oxygen atoms in total. The van der Waals surface area contributed by atoms with Gasteiger partial charge in [-0.1, -0.05) is 29.8 Å². The number of benzene rings is 2. The Morgan fingerprint density at radius 2 is 2.11 bits per heavy atom. The highest BCUT2D eigenvalue weighted by atomic mass is 35.5. The van der Waals surface area contributed by atoms with Crippen LogP contribution in [0.2, 0.25) is 5.02 Å². The Morgan fingerprint density at radius 1 is 1.32 bits per heavy atom. The van der Waals surface area contributed by atoms with Crippen molar-refractivity contribution in [3.05, 3.63) is 52.8 Å². The van der Waals surface area contributed by atoms with Crippen LogP contribution in [-0.4, -0.2) is 7.11 Å². The van der Waals surface area contributed by atoms with E-state index in [1.54, 1.807) is 36.4 Å². The summed E-state index contributed by atoms with van der Waals surface area (Å²) < 4.78 is 19.6. The van der Waals surface area contributed by atoms with Crippen molar-refractivity contribution >= 4 is 11.6 Å². The van der Waals surface area contributed by atoms with E-state index in [9.17, 15) is 4.39 Å². The Morgan fingerprint density at radius 3 is 2.74 bits per heavy atom. The smallest absolute Gasteiger partial charge is 0.138 e. The van der Waals surface area contributed by atoms with Crippen LogP contribution in [0.1, 0.15) is 5.56 Å². The first-order valence-corrected chi connectivity index (χ1v) is 6.03. The lowest BCUT2D eigenvalue weighted by molar-refractivity contribution is 0.413. The lowest BCUT2D eigenvalue weighted by Gasteiger charge is -2.12. The molecule has 0 bridgehead atoms. The fourth-order valence-electron chi connectivity index (χ4n) is 1.91. The maximum absolute atomic E-state index is 14.5. The largest absolute Gasteiger partial charge is 0.496 e. The van der Waals surface area contributed by atoms with Crippen LogP contribution in [0.3, 0.4) is 0 Å². The minimum atomic E-state index is -0.442. The van der Waals surface area contributed by atoms with Gasteiger partial charge < -0.3 is 4.74 Å². The SMILES string of the molecule is COc1ccc(CC#N)c(F)c1-c1cccc(Cl)c1. The lowest BCUT2D eigenvalue weighted by atomic mass is 9.99. The topological polar surface area (TPSA) is 33.0 Å². The molecule has 0 heterocycles. The van der Waals surface area contributed by atoms with Gasteiger partial charge in [-0.3, -0.25) is 0 Å². The quantitative estimate of drug-likeness (QED) is 0.840. The summed E-state index contributed by atoms with van der Waals surface area (Å²) >= 11 is 5.93. The van der Waals surface area contributed by atoms with Crippen molar-refractivity contribution in [3.8, 4) is 22.9 Å². The van der Waals surface area contributed by atoms with Gasteiger partial charge in [-0.2, -0.15) is 5.26 Å². The normalized spacial score (nSPS) is 10.0. The van der Waals surface area contributed by atoms with E-state index in [1.807, 2.05) is 6.07 Å². The van der Waals surface area contributed by atoms with E-state index in [0.717, 1.165) is 0 Å². The Kier molecular flexibility index (Phi) is 4.03. The highest BCUT2D eigenvalue weighted by molar-refractivity contribution is 6.30. The maximum atomic E-state index is 14.5. The van der Waals surface area contributed by atoms with Crippen LogP contribution in [0.25, 0.3) is 11.1 Å². The number of nitrogens with zero attached hydrogens (tertiary/aromatic N) is 1. The number of rotatable bonds is 3. The van der Waals surface area contributed by atoms with Crippen LogP contribution in [-0.2, 0) is 6.42 Å². The van der Waals surface area contributed by atoms with Gasteiger partial charge in [0.2, 0.25) is 0 Å². The first kappa shape index (κ1) is 13.4. The van der Waals surface area contributed by atoms with Crippen LogP contribution in [0, 0.1) is 17.1 Å². The van der Waals surface area contributed by atoms with Crippen LogP contribution in [0.5, 0.6) is 5.75 Å². The van der Waals surface area contributed by atoms with Crippen molar-refractivity contribution in [1.29, 1.82) is 5.26 Å². The zero-order valence-corrected chi connectivity index (χ0v) is 11.0. The van der Waals surface area contributed by atoms with Crippen molar-refractivity contribution in [2.24, 2.45) is 0 Å². The minimum Gasteiger partial charge on any atom is -0.496 e. The molecule has 2 aromatic rings. The molecule has 0 atom stereocenters. The molecule has 2 aromatic carbocycles. The molecule has 0 spiro atoms. The molecule has 0 saturated heterocycles. The number of hydrogen-bond donors (Lipinski definition) is 0. The van der Waals surface area contributed by atoms with Gasteiger partial charge in [0.15, 0.2) is 0 Å². The third-order valence-electron chi connectivity index (χ3n) is 2.79. The van der Waals surface area contributed by atoms with Crippen molar-refractivity contribution in [3.63, 3.8) is 0 Å². The molecule has 2 rings (SSSR count). The second-order valence-electron chi connectivity index (χ2n) is 3.96. The summed E-state index contributed by atoms with van der Waals surface area (Å²) in [5, 5.41) is 9.23. The second kappa shape index (κ2) is 5.73. The van der Waals surface area contributed by atoms with Crippen LogP contribution >= 0.6 is 11.6 Å². The summed E-state index contributed by atoms with van der Waals surface area (Å²) in [5.41, 5.74) is 1.30. The van der Waals surface area contributed by atoms with Crippen molar-refractivity contribution < 1.29 is 9.13 Å². The number of methoxy groups -OCH3 is 1. The fraction of sp³-hybridized carbons (Fsp3) is 0.133. The number of halogens is 2. The Labute approximate surface area is 116 Å². The summed E-state index contributed by atoms with van der Waals surface area (Å²) in [7, 11) is 1.48. The summed E-state index contributed by atoms with van der Waals surface area (Å²) in [5.74, 6) is -0.0235. The first-order chi connectivity index (χ1) is 9.17. The van der Waals surface area contributed by atoms with Crippen molar-refractivity contribution in [2.45, 2.75) is 6.42 Å². The molecular formula is C15H11ClFNO. The molecule has 0 amide bonds. The molecule has 0 aliphatic carbocycles. The molecule has 0 saturated carbocycles. The molecule has 0 fully saturated rings. The van der Waals surface area contributed by atoms with Crippen molar-refractivity contribution in [1.82, 2.24) is 0 Å². The van der Waals surface area contributed by atoms with Gasteiger partial charge in [0.1, 0.15) is 11.6 Å². The second-order valence-corrected chi connectivity index (χ2v) is 4.40. The molecule has 0 aliphatic heterocycles. The number of hydrogen-bond acceptors (Lipinski definition) is 2. The Hall–Kier alpha value is -2.05.